The van der Waals surface area contributed by atoms with Crippen molar-refractivity contribution in [3.63, 3.8) is 0 Å². The lowest BCUT2D eigenvalue weighted by molar-refractivity contribution is 0.933. The van der Waals surface area contributed by atoms with Crippen LogP contribution >= 0.6 is 67.8 Å². The highest BCUT2D eigenvalue weighted by atomic mass is 127. The SMILES string of the molecule is Cc1cc(I)c(I)cc1CCc1ccc(C)c(I)c1C. The molecule has 0 radical (unpaired) electrons. The van der Waals surface area contributed by atoms with E-state index in [0.29, 0.717) is 0 Å². The second-order valence-electron chi connectivity index (χ2n) is 5.17. The van der Waals surface area contributed by atoms with Gasteiger partial charge in [0, 0.05) is 10.7 Å². The minimum Gasteiger partial charge on any atom is -0.0584 e. The first-order valence-electron chi connectivity index (χ1n) is 6.59. The van der Waals surface area contributed by atoms with Crippen LogP contribution in [-0.2, 0) is 12.8 Å². The Morgan fingerprint density at radius 1 is 0.750 bits per heavy atom. The van der Waals surface area contributed by atoms with Crippen LogP contribution in [0.25, 0.3) is 0 Å². The molecule has 0 N–H and O–H groups in total. The quantitative estimate of drug-likeness (QED) is 0.367. The Hall–Kier alpha value is 0.630. The molecule has 0 aromatic heterocycles. The Balaban J connectivity index is 2.21. The summed E-state index contributed by atoms with van der Waals surface area (Å²) in [5.41, 5.74) is 7.20. The van der Waals surface area contributed by atoms with E-state index < -0.39 is 0 Å². The third-order valence-electron chi connectivity index (χ3n) is 3.73. The van der Waals surface area contributed by atoms with Gasteiger partial charge in [-0.25, -0.2) is 0 Å². The van der Waals surface area contributed by atoms with Crippen molar-refractivity contribution in [2.45, 2.75) is 33.6 Å². The maximum atomic E-state index is 2.46. The fraction of sp³-hybridized carbons (Fsp3) is 0.294. The summed E-state index contributed by atoms with van der Waals surface area (Å²) in [6.07, 6.45) is 2.25. The van der Waals surface area contributed by atoms with Gasteiger partial charge in [0.1, 0.15) is 0 Å². The first kappa shape index (κ1) is 17.0. The Kier molecular flexibility index (Phi) is 6.17. The summed E-state index contributed by atoms with van der Waals surface area (Å²) in [4.78, 5) is 0. The number of benzene rings is 2. The molecule has 0 spiro atoms. The van der Waals surface area contributed by atoms with Gasteiger partial charge in [0.25, 0.3) is 0 Å². The van der Waals surface area contributed by atoms with Crippen molar-refractivity contribution in [1.29, 1.82) is 0 Å². The third-order valence-corrected chi connectivity index (χ3v) is 8.21. The van der Waals surface area contributed by atoms with E-state index in [-0.39, 0.29) is 0 Å². The molecule has 2 aromatic carbocycles. The standard InChI is InChI=1S/C17H17I3/c1-10-4-5-13(12(3)17(10)20)6-7-14-9-16(19)15(18)8-11(14)2/h4-5,8-9H,6-7H2,1-3H3. The van der Waals surface area contributed by atoms with Gasteiger partial charge in [-0.1, -0.05) is 12.1 Å². The Morgan fingerprint density at radius 2 is 1.35 bits per heavy atom. The second-order valence-corrected chi connectivity index (χ2v) is 8.58. The molecule has 0 nitrogen and oxygen atoms in total. The van der Waals surface area contributed by atoms with Crippen molar-refractivity contribution in [3.8, 4) is 0 Å². The summed E-state index contributed by atoms with van der Waals surface area (Å²) >= 11 is 7.30. The van der Waals surface area contributed by atoms with Crippen LogP contribution in [0.4, 0.5) is 0 Å². The molecule has 0 saturated heterocycles. The van der Waals surface area contributed by atoms with E-state index in [4.69, 9.17) is 0 Å². The van der Waals surface area contributed by atoms with Gasteiger partial charge in [-0.15, -0.1) is 0 Å². The van der Waals surface area contributed by atoms with E-state index in [1.54, 1.807) is 0 Å². The summed E-state index contributed by atoms with van der Waals surface area (Å²) in [5.74, 6) is 0. The van der Waals surface area contributed by atoms with Gasteiger partial charge in [-0.3, -0.25) is 0 Å². The molecule has 0 saturated carbocycles. The molecule has 0 bridgehead atoms. The molecular weight excluding hydrogens is 585 g/mol. The van der Waals surface area contributed by atoms with E-state index in [1.165, 1.54) is 38.5 Å². The van der Waals surface area contributed by atoms with Crippen LogP contribution in [0.1, 0.15) is 27.8 Å². The van der Waals surface area contributed by atoms with Gasteiger partial charge in [0.05, 0.1) is 0 Å². The smallest absolute Gasteiger partial charge is 0.0266 e. The summed E-state index contributed by atoms with van der Waals surface area (Å²) in [7, 11) is 0. The molecule has 0 amide bonds. The molecule has 0 unspecified atom stereocenters. The maximum absolute atomic E-state index is 2.46. The summed E-state index contributed by atoms with van der Waals surface area (Å²) in [5, 5.41) is 0. The predicted octanol–water partition coefficient (Wildman–Crippen LogP) is 6.21. The highest BCUT2D eigenvalue weighted by Gasteiger charge is 2.08. The van der Waals surface area contributed by atoms with E-state index in [1.807, 2.05) is 0 Å². The van der Waals surface area contributed by atoms with Gasteiger partial charge < -0.3 is 0 Å². The second kappa shape index (κ2) is 7.26. The zero-order valence-corrected chi connectivity index (χ0v) is 18.3. The van der Waals surface area contributed by atoms with Crippen molar-refractivity contribution in [2.75, 3.05) is 0 Å². The van der Waals surface area contributed by atoms with Crippen LogP contribution in [-0.4, -0.2) is 0 Å². The van der Waals surface area contributed by atoms with Gasteiger partial charge >= 0.3 is 0 Å². The molecule has 0 aliphatic carbocycles. The van der Waals surface area contributed by atoms with Crippen LogP contribution in [0, 0.1) is 31.5 Å². The van der Waals surface area contributed by atoms with Gasteiger partial charge in [0.15, 0.2) is 0 Å². The normalized spacial score (nSPS) is 10.9. The molecule has 3 heteroatoms. The van der Waals surface area contributed by atoms with Gasteiger partial charge in [-0.2, -0.15) is 0 Å². The van der Waals surface area contributed by atoms with E-state index in [0.717, 1.165) is 12.8 Å². The number of halogens is 3. The van der Waals surface area contributed by atoms with Crippen LogP contribution in [0.2, 0.25) is 0 Å². The molecule has 20 heavy (non-hydrogen) atoms. The van der Waals surface area contributed by atoms with Crippen molar-refractivity contribution in [2.24, 2.45) is 0 Å². The molecule has 2 aromatic rings. The Labute approximate surface area is 162 Å². The molecule has 0 fully saturated rings. The Bertz CT molecular complexity index is 643. The van der Waals surface area contributed by atoms with Crippen LogP contribution in [0.3, 0.4) is 0 Å². The molecule has 0 atom stereocenters. The zero-order valence-electron chi connectivity index (χ0n) is 11.9. The van der Waals surface area contributed by atoms with E-state index in [9.17, 15) is 0 Å². The minimum absolute atomic E-state index is 1.12. The summed E-state index contributed by atoms with van der Waals surface area (Å²) in [6.45, 7) is 6.65. The molecule has 106 valence electrons. The maximum Gasteiger partial charge on any atom is 0.0266 e. The summed E-state index contributed by atoms with van der Waals surface area (Å²) < 4.78 is 4.12. The van der Waals surface area contributed by atoms with Crippen molar-refractivity contribution in [3.05, 3.63) is 62.8 Å². The number of rotatable bonds is 3. The average Bonchev–Trinajstić information content (AvgIpc) is 2.40. The highest BCUT2D eigenvalue weighted by Crippen LogP contribution is 2.24. The predicted molar refractivity (Wildman–Crippen MR) is 113 cm³/mol. The lowest BCUT2D eigenvalue weighted by Gasteiger charge is -2.12. The monoisotopic (exact) mass is 602 g/mol. The lowest BCUT2D eigenvalue weighted by atomic mass is 9.97. The van der Waals surface area contributed by atoms with Crippen LogP contribution in [0.5, 0.6) is 0 Å². The van der Waals surface area contributed by atoms with Crippen molar-refractivity contribution < 1.29 is 0 Å². The lowest BCUT2D eigenvalue weighted by Crippen LogP contribution is -2.00. The zero-order chi connectivity index (χ0) is 14.9. The summed E-state index contributed by atoms with van der Waals surface area (Å²) in [6, 6.07) is 9.17. The fourth-order valence-corrected chi connectivity index (χ4v) is 4.04. The molecule has 0 aliphatic heterocycles. The van der Waals surface area contributed by atoms with Crippen molar-refractivity contribution in [1.82, 2.24) is 0 Å². The molecule has 0 aliphatic rings. The molecular formula is C17H17I3. The van der Waals surface area contributed by atoms with Gasteiger partial charge in [0.2, 0.25) is 0 Å². The minimum atomic E-state index is 1.12. The van der Waals surface area contributed by atoms with Crippen LogP contribution in [0.15, 0.2) is 24.3 Å². The highest BCUT2D eigenvalue weighted by molar-refractivity contribution is 14.1. The first-order valence-corrected chi connectivity index (χ1v) is 9.83. The number of hydrogen-bond acceptors (Lipinski definition) is 0. The van der Waals surface area contributed by atoms with E-state index >= 15 is 0 Å². The Morgan fingerprint density at radius 3 is 2.05 bits per heavy atom. The number of hydrogen-bond donors (Lipinski definition) is 0. The van der Waals surface area contributed by atoms with Gasteiger partial charge in [-0.05, 0) is 141 Å². The largest absolute Gasteiger partial charge is 0.0584 e. The molecule has 2 rings (SSSR count). The topological polar surface area (TPSA) is 0 Å². The third kappa shape index (κ3) is 3.88. The molecule has 0 heterocycles. The number of aryl methyl sites for hydroxylation is 4. The van der Waals surface area contributed by atoms with Crippen LogP contribution < -0.4 is 0 Å². The van der Waals surface area contributed by atoms with Crippen molar-refractivity contribution >= 4 is 67.8 Å². The average molecular weight is 602 g/mol. The fourth-order valence-electron chi connectivity index (χ4n) is 2.36. The van der Waals surface area contributed by atoms with E-state index in [2.05, 4.69) is 113 Å². The first-order chi connectivity index (χ1) is 9.40.